The number of carbonyl (C=O) groups excluding carboxylic acids is 2. The Hall–Kier alpha value is -4.27. The normalized spacial score (nSPS) is 18.8. The molecule has 1 aliphatic heterocycles. The molecule has 0 bridgehead atoms. The molecular weight excluding hydrogens is 598 g/mol. The highest BCUT2D eigenvalue weighted by molar-refractivity contribution is 6.74. The molecule has 0 unspecified atom stereocenters. The van der Waals surface area contributed by atoms with Crippen molar-refractivity contribution >= 4 is 20.2 Å². The standard InChI is InChI=1S/C38H42FNO5Si/c1-25(41)44-35-24-28(27-11-10-14-31(42)23-27)17-20-32(35)38(29-12-8-7-9-13-29)33(36(43)40-38)21-22-34(26-15-18-30(39)19-16-26)45-46(5,6)37(2,3)4/h7-20,23-24,33-34,42H,21-22H2,1-6H3,(H,40,43)/t33-,34-,38-/m0/s1. The minimum atomic E-state index is -2.25. The first-order valence-corrected chi connectivity index (χ1v) is 18.6. The minimum Gasteiger partial charge on any atom is -0.508 e. The van der Waals surface area contributed by atoms with Crippen LogP contribution in [0, 0.1) is 11.7 Å². The van der Waals surface area contributed by atoms with E-state index in [0.717, 1.165) is 22.3 Å². The Morgan fingerprint density at radius 1 is 0.957 bits per heavy atom. The molecule has 1 saturated heterocycles. The zero-order valence-electron chi connectivity index (χ0n) is 27.3. The summed E-state index contributed by atoms with van der Waals surface area (Å²) in [5.74, 6) is -0.975. The van der Waals surface area contributed by atoms with E-state index in [9.17, 15) is 19.1 Å². The number of esters is 1. The number of ether oxygens (including phenoxy) is 1. The summed E-state index contributed by atoms with van der Waals surface area (Å²) in [6.07, 6.45) is 0.643. The number of hydrogen-bond acceptors (Lipinski definition) is 5. The molecule has 0 aromatic heterocycles. The highest BCUT2D eigenvalue weighted by Crippen LogP contribution is 2.51. The number of nitrogens with one attached hydrogen (secondary N) is 1. The average Bonchev–Trinajstić information content (AvgIpc) is 2.99. The fourth-order valence-corrected chi connectivity index (χ4v) is 7.31. The zero-order chi connectivity index (χ0) is 33.3. The molecule has 3 atom stereocenters. The molecule has 1 amide bonds. The number of hydrogen-bond donors (Lipinski definition) is 2. The first-order chi connectivity index (χ1) is 21.7. The Labute approximate surface area is 271 Å². The van der Waals surface area contributed by atoms with Crippen LogP contribution in [-0.2, 0) is 19.6 Å². The van der Waals surface area contributed by atoms with Crippen molar-refractivity contribution in [3.05, 3.63) is 120 Å². The molecule has 240 valence electrons. The van der Waals surface area contributed by atoms with Crippen LogP contribution >= 0.6 is 0 Å². The van der Waals surface area contributed by atoms with Gasteiger partial charge in [-0.05, 0) is 83.6 Å². The van der Waals surface area contributed by atoms with Crippen molar-refractivity contribution in [1.82, 2.24) is 5.32 Å². The maximum Gasteiger partial charge on any atom is 0.308 e. The van der Waals surface area contributed by atoms with Gasteiger partial charge in [0.25, 0.3) is 0 Å². The second kappa shape index (κ2) is 12.8. The van der Waals surface area contributed by atoms with Gasteiger partial charge < -0.3 is 19.6 Å². The van der Waals surface area contributed by atoms with Crippen LogP contribution in [0.4, 0.5) is 4.39 Å². The molecule has 1 heterocycles. The maximum absolute atomic E-state index is 13.9. The van der Waals surface area contributed by atoms with Crippen molar-refractivity contribution < 1.29 is 28.2 Å². The number of carbonyl (C=O) groups is 2. The summed E-state index contributed by atoms with van der Waals surface area (Å²) in [6.45, 7) is 12.3. The number of aromatic hydroxyl groups is 1. The molecule has 8 heteroatoms. The maximum atomic E-state index is 13.9. The largest absolute Gasteiger partial charge is 0.508 e. The number of rotatable bonds is 10. The summed E-state index contributed by atoms with van der Waals surface area (Å²) in [6, 6.07) is 28.5. The third-order valence-electron chi connectivity index (χ3n) is 9.43. The molecule has 46 heavy (non-hydrogen) atoms. The van der Waals surface area contributed by atoms with Crippen molar-refractivity contribution in [2.24, 2.45) is 5.92 Å². The topological polar surface area (TPSA) is 84.9 Å². The Kier molecular flexibility index (Phi) is 9.25. The predicted octanol–water partition coefficient (Wildman–Crippen LogP) is 8.66. The minimum absolute atomic E-state index is 0.0524. The van der Waals surface area contributed by atoms with Crippen molar-refractivity contribution in [1.29, 1.82) is 0 Å². The van der Waals surface area contributed by atoms with E-state index in [1.165, 1.54) is 19.1 Å². The van der Waals surface area contributed by atoms with E-state index in [0.29, 0.717) is 24.2 Å². The van der Waals surface area contributed by atoms with Crippen molar-refractivity contribution in [2.45, 2.75) is 70.3 Å². The van der Waals surface area contributed by atoms with Gasteiger partial charge in [0.05, 0.1) is 12.0 Å². The van der Waals surface area contributed by atoms with Gasteiger partial charge in [-0.1, -0.05) is 87.5 Å². The second-order valence-corrected chi connectivity index (χ2v) is 18.3. The van der Waals surface area contributed by atoms with E-state index < -0.39 is 25.7 Å². The van der Waals surface area contributed by atoms with Gasteiger partial charge in [-0.15, -0.1) is 0 Å². The SMILES string of the molecule is CC(=O)Oc1cc(-c2cccc(O)c2)ccc1[C@]1(c2ccccc2)NC(=O)[C@@H]1CC[C@H](O[Si](C)(C)C(C)(C)C)c1ccc(F)cc1. The first kappa shape index (κ1) is 33.1. The van der Waals surface area contributed by atoms with E-state index in [1.807, 2.05) is 48.5 Å². The summed E-state index contributed by atoms with van der Waals surface area (Å²) in [7, 11) is -2.25. The zero-order valence-corrected chi connectivity index (χ0v) is 28.3. The molecule has 0 aliphatic carbocycles. The van der Waals surface area contributed by atoms with Gasteiger partial charge in [-0.25, -0.2) is 4.39 Å². The van der Waals surface area contributed by atoms with Crippen LogP contribution in [0.2, 0.25) is 18.1 Å². The number of β-lactam (4-membered cyclic amide) rings is 1. The number of amides is 1. The average molecular weight is 640 g/mol. The molecular formula is C38H42FNO5Si. The Balaban J connectivity index is 1.58. The van der Waals surface area contributed by atoms with E-state index in [2.05, 4.69) is 39.2 Å². The third kappa shape index (κ3) is 6.64. The van der Waals surface area contributed by atoms with E-state index in [-0.39, 0.29) is 28.6 Å². The van der Waals surface area contributed by atoms with Crippen LogP contribution in [-0.4, -0.2) is 25.3 Å². The van der Waals surface area contributed by atoms with Gasteiger partial charge in [0.15, 0.2) is 8.32 Å². The smallest absolute Gasteiger partial charge is 0.308 e. The molecule has 0 radical (unpaired) electrons. The van der Waals surface area contributed by atoms with Crippen LogP contribution in [0.5, 0.6) is 11.5 Å². The van der Waals surface area contributed by atoms with E-state index in [4.69, 9.17) is 9.16 Å². The molecule has 0 saturated carbocycles. The predicted molar refractivity (Wildman–Crippen MR) is 180 cm³/mol. The Morgan fingerprint density at radius 2 is 1.63 bits per heavy atom. The van der Waals surface area contributed by atoms with Crippen molar-refractivity contribution in [3.8, 4) is 22.6 Å². The van der Waals surface area contributed by atoms with Crippen LogP contribution in [0.15, 0.2) is 97.1 Å². The summed E-state index contributed by atoms with van der Waals surface area (Å²) < 4.78 is 26.7. The van der Waals surface area contributed by atoms with Gasteiger partial charge >= 0.3 is 5.97 Å². The van der Waals surface area contributed by atoms with Crippen LogP contribution < -0.4 is 10.1 Å². The van der Waals surface area contributed by atoms with Crippen molar-refractivity contribution in [3.63, 3.8) is 0 Å². The lowest BCUT2D eigenvalue weighted by atomic mass is 9.64. The summed E-state index contributed by atoms with van der Waals surface area (Å²) in [5.41, 5.74) is 2.92. The molecule has 0 spiro atoms. The molecule has 4 aromatic carbocycles. The fraction of sp³-hybridized carbons (Fsp3) is 0.316. The first-order valence-electron chi connectivity index (χ1n) is 15.6. The molecule has 1 aliphatic rings. The second-order valence-electron chi connectivity index (χ2n) is 13.6. The summed E-state index contributed by atoms with van der Waals surface area (Å²) in [4.78, 5) is 26.0. The van der Waals surface area contributed by atoms with Crippen LogP contribution in [0.25, 0.3) is 11.1 Å². The van der Waals surface area contributed by atoms with Gasteiger partial charge in [-0.3, -0.25) is 9.59 Å². The highest BCUT2D eigenvalue weighted by atomic mass is 28.4. The van der Waals surface area contributed by atoms with Gasteiger partial charge in [0, 0.05) is 12.5 Å². The van der Waals surface area contributed by atoms with Crippen LogP contribution in [0.3, 0.4) is 0 Å². The summed E-state index contributed by atoms with van der Waals surface area (Å²) >= 11 is 0. The molecule has 5 rings (SSSR count). The number of phenolic OH excluding ortho intramolecular Hbond substituents is 1. The molecule has 4 aromatic rings. The molecule has 2 N–H and O–H groups in total. The Bertz CT molecular complexity index is 1720. The van der Waals surface area contributed by atoms with E-state index >= 15 is 0 Å². The monoisotopic (exact) mass is 639 g/mol. The summed E-state index contributed by atoms with van der Waals surface area (Å²) in [5, 5.41) is 13.2. The number of halogens is 1. The van der Waals surface area contributed by atoms with Gasteiger partial charge in [0.2, 0.25) is 5.91 Å². The molecule has 6 nitrogen and oxygen atoms in total. The van der Waals surface area contributed by atoms with Gasteiger partial charge in [0.1, 0.15) is 22.9 Å². The highest BCUT2D eigenvalue weighted by Gasteiger charge is 2.56. The lowest BCUT2D eigenvalue weighted by Gasteiger charge is -2.51. The lowest BCUT2D eigenvalue weighted by Crippen LogP contribution is -2.67. The quantitative estimate of drug-likeness (QED) is 0.0785. The third-order valence-corrected chi connectivity index (χ3v) is 13.9. The van der Waals surface area contributed by atoms with Crippen molar-refractivity contribution in [2.75, 3.05) is 0 Å². The van der Waals surface area contributed by atoms with Crippen LogP contribution in [0.1, 0.15) is 63.3 Å². The molecule has 1 fully saturated rings. The lowest BCUT2D eigenvalue weighted by molar-refractivity contribution is -0.140. The number of phenols is 1. The number of benzene rings is 4. The van der Waals surface area contributed by atoms with E-state index in [1.54, 1.807) is 36.4 Å². The fourth-order valence-electron chi connectivity index (χ4n) is 5.99. The Morgan fingerprint density at radius 3 is 2.24 bits per heavy atom. The van der Waals surface area contributed by atoms with Gasteiger partial charge in [-0.2, -0.15) is 0 Å².